The summed E-state index contributed by atoms with van der Waals surface area (Å²) in [5.74, 6) is -0.709. The van der Waals surface area contributed by atoms with Crippen LogP contribution in [0.15, 0.2) is 12.4 Å². The summed E-state index contributed by atoms with van der Waals surface area (Å²) < 4.78 is 44.2. The number of rotatable bonds is 5. The van der Waals surface area contributed by atoms with E-state index in [9.17, 15) is 18.0 Å². The van der Waals surface area contributed by atoms with Crippen molar-refractivity contribution in [2.75, 3.05) is 6.61 Å². The largest absolute Gasteiger partial charge is 0.462 e. The van der Waals surface area contributed by atoms with E-state index in [0.717, 1.165) is 12.4 Å². The van der Waals surface area contributed by atoms with Gasteiger partial charge in [-0.25, -0.2) is 4.79 Å². The van der Waals surface area contributed by atoms with E-state index in [1.165, 1.54) is 0 Å². The second-order valence-electron chi connectivity index (χ2n) is 3.99. The first kappa shape index (κ1) is 15.5. The number of hydrogen-bond acceptors (Lipinski definition) is 4. The van der Waals surface area contributed by atoms with Gasteiger partial charge in [0.15, 0.2) is 6.04 Å². The van der Waals surface area contributed by atoms with Gasteiger partial charge >= 0.3 is 12.1 Å². The van der Waals surface area contributed by atoms with Crippen LogP contribution in [0.3, 0.4) is 0 Å². The molecule has 19 heavy (non-hydrogen) atoms. The zero-order valence-electron chi connectivity index (χ0n) is 10.6. The second kappa shape index (κ2) is 6.05. The van der Waals surface area contributed by atoms with Crippen molar-refractivity contribution in [3.8, 4) is 0 Å². The van der Waals surface area contributed by atoms with Crippen LogP contribution >= 0.6 is 0 Å². The fourth-order valence-corrected chi connectivity index (χ4v) is 1.62. The topological polar surface area (TPSA) is 70.1 Å². The third-order valence-electron chi connectivity index (χ3n) is 2.61. The molecule has 2 unspecified atom stereocenters. The summed E-state index contributed by atoms with van der Waals surface area (Å²) in [7, 11) is 0. The number of hydrogen-bond donors (Lipinski definition) is 1. The molecule has 0 amide bonds. The first-order chi connectivity index (χ1) is 8.81. The van der Waals surface area contributed by atoms with Crippen LogP contribution in [0.5, 0.6) is 0 Å². The molecule has 0 saturated carbocycles. The second-order valence-corrected chi connectivity index (χ2v) is 3.99. The van der Waals surface area contributed by atoms with E-state index in [1.807, 2.05) is 0 Å². The van der Waals surface area contributed by atoms with E-state index in [1.54, 1.807) is 13.8 Å². The number of alkyl halides is 3. The summed E-state index contributed by atoms with van der Waals surface area (Å²) in [5, 5.41) is 3.57. The lowest BCUT2D eigenvalue weighted by Crippen LogP contribution is -2.41. The van der Waals surface area contributed by atoms with Crippen LogP contribution in [0.25, 0.3) is 0 Å². The van der Waals surface area contributed by atoms with E-state index in [-0.39, 0.29) is 18.6 Å². The maximum Gasteiger partial charge on any atom is 0.412 e. The first-order valence-corrected chi connectivity index (χ1v) is 5.84. The standard InChI is InChI=1S/C11H16F3N3O2/c1-3-8(15)9(11(12,13)14)17-6-7(5-16-17)10(18)19-4-2/h5-6,8-9H,3-4,15H2,1-2H3. The predicted octanol–water partition coefficient (Wildman–Crippen LogP) is 1.90. The molecule has 8 heteroatoms. The summed E-state index contributed by atoms with van der Waals surface area (Å²) >= 11 is 0. The quantitative estimate of drug-likeness (QED) is 0.836. The van der Waals surface area contributed by atoms with Gasteiger partial charge in [-0.1, -0.05) is 6.92 Å². The molecule has 0 spiro atoms. The molecule has 1 aromatic rings. The molecule has 2 N–H and O–H groups in total. The lowest BCUT2D eigenvalue weighted by molar-refractivity contribution is -0.175. The third-order valence-corrected chi connectivity index (χ3v) is 2.61. The Labute approximate surface area is 108 Å². The number of nitrogens with zero attached hydrogens (tertiary/aromatic N) is 2. The molecule has 0 saturated heterocycles. The summed E-state index contributed by atoms with van der Waals surface area (Å²) in [6, 6.07) is -3.09. The van der Waals surface area contributed by atoms with Crippen LogP contribution in [0.2, 0.25) is 0 Å². The molecule has 1 heterocycles. The average molecular weight is 279 g/mol. The minimum atomic E-state index is -4.53. The number of carbonyl (C=O) groups is 1. The van der Waals surface area contributed by atoms with Crippen molar-refractivity contribution in [2.45, 2.75) is 38.5 Å². The van der Waals surface area contributed by atoms with Gasteiger partial charge in [0.05, 0.1) is 18.4 Å². The monoisotopic (exact) mass is 279 g/mol. The SMILES string of the molecule is CCOC(=O)c1cnn(C(C(N)CC)C(F)(F)F)c1. The summed E-state index contributed by atoms with van der Waals surface area (Å²) in [6.45, 7) is 3.30. The molecule has 5 nitrogen and oxygen atoms in total. The van der Waals surface area contributed by atoms with Gasteiger partial charge in [-0.05, 0) is 13.3 Å². The first-order valence-electron chi connectivity index (χ1n) is 5.84. The smallest absolute Gasteiger partial charge is 0.412 e. The van der Waals surface area contributed by atoms with E-state index in [2.05, 4.69) is 9.84 Å². The Balaban J connectivity index is 3.02. The fourth-order valence-electron chi connectivity index (χ4n) is 1.62. The summed E-state index contributed by atoms with van der Waals surface area (Å²) in [6.07, 6.45) is -2.35. The van der Waals surface area contributed by atoms with E-state index in [0.29, 0.717) is 4.68 Å². The zero-order chi connectivity index (χ0) is 14.6. The molecule has 0 radical (unpaired) electrons. The van der Waals surface area contributed by atoms with Crippen molar-refractivity contribution in [2.24, 2.45) is 5.73 Å². The Hall–Kier alpha value is -1.57. The van der Waals surface area contributed by atoms with Gasteiger partial charge in [0.25, 0.3) is 0 Å². The minimum absolute atomic E-state index is 0.0283. The molecule has 0 bridgehead atoms. The van der Waals surface area contributed by atoms with Crippen LogP contribution in [0, 0.1) is 0 Å². The Morgan fingerprint density at radius 1 is 1.53 bits per heavy atom. The maximum absolute atomic E-state index is 12.9. The number of esters is 1. The Kier molecular flexibility index (Phi) is 4.93. The van der Waals surface area contributed by atoms with Crippen molar-refractivity contribution < 1.29 is 22.7 Å². The highest BCUT2D eigenvalue weighted by Gasteiger charge is 2.45. The van der Waals surface area contributed by atoms with E-state index in [4.69, 9.17) is 5.73 Å². The summed E-state index contributed by atoms with van der Waals surface area (Å²) in [4.78, 5) is 11.4. The number of halogens is 3. The van der Waals surface area contributed by atoms with Gasteiger partial charge in [-0.3, -0.25) is 4.68 Å². The van der Waals surface area contributed by atoms with Crippen LogP contribution in [0.4, 0.5) is 13.2 Å². The van der Waals surface area contributed by atoms with Crippen molar-refractivity contribution in [3.63, 3.8) is 0 Å². The van der Waals surface area contributed by atoms with Crippen molar-refractivity contribution in [1.29, 1.82) is 0 Å². The molecule has 2 atom stereocenters. The maximum atomic E-state index is 12.9. The lowest BCUT2D eigenvalue weighted by atomic mass is 10.1. The molecule has 1 aromatic heterocycles. The van der Waals surface area contributed by atoms with Gasteiger partial charge in [0.1, 0.15) is 0 Å². The normalized spacial score (nSPS) is 15.1. The van der Waals surface area contributed by atoms with E-state index >= 15 is 0 Å². The van der Waals surface area contributed by atoms with Gasteiger partial charge in [-0.15, -0.1) is 0 Å². The van der Waals surface area contributed by atoms with Crippen molar-refractivity contribution in [3.05, 3.63) is 18.0 Å². The molecule has 1 rings (SSSR count). The van der Waals surface area contributed by atoms with Crippen LogP contribution < -0.4 is 5.73 Å². The van der Waals surface area contributed by atoms with Crippen LogP contribution in [0.1, 0.15) is 36.7 Å². The lowest BCUT2D eigenvalue weighted by Gasteiger charge is -2.25. The molecular weight excluding hydrogens is 263 g/mol. The fraction of sp³-hybridized carbons (Fsp3) is 0.636. The molecular formula is C11H16F3N3O2. The van der Waals surface area contributed by atoms with Gasteiger partial charge < -0.3 is 10.5 Å². The minimum Gasteiger partial charge on any atom is -0.462 e. The number of nitrogens with two attached hydrogens (primary N) is 1. The summed E-state index contributed by atoms with van der Waals surface area (Å²) in [5.41, 5.74) is 5.45. The molecule has 108 valence electrons. The van der Waals surface area contributed by atoms with Gasteiger partial charge in [0.2, 0.25) is 0 Å². The number of ether oxygens (including phenoxy) is 1. The molecule has 0 aromatic carbocycles. The van der Waals surface area contributed by atoms with Gasteiger partial charge in [-0.2, -0.15) is 18.3 Å². The highest BCUT2D eigenvalue weighted by molar-refractivity contribution is 5.88. The average Bonchev–Trinajstić information content (AvgIpc) is 2.76. The highest BCUT2D eigenvalue weighted by atomic mass is 19.4. The van der Waals surface area contributed by atoms with Crippen LogP contribution in [-0.4, -0.2) is 34.6 Å². The molecule has 0 fully saturated rings. The Morgan fingerprint density at radius 2 is 2.16 bits per heavy atom. The Bertz CT molecular complexity index is 431. The molecule has 0 aliphatic carbocycles. The zero-order valence-corrected chi connectivity index (χ0v) is 10.6. The number of aromatic nitrogens is 2. The number of carbonyl (C=O) groups excluding carboxylic acids is 1. The highest BCUT2D eigenvalue weighted by Crippen LogP contribution is 2.33. The van der Waals surface area contributed by atoms with Crippen LogP contribution in [-0.2, 0) is 4.74 Å². The van der Waals surface area contributed by atoms with Crippen molar-refractivity contribution in [1.82, 2.24) is 9.78 Å². The third kappa shape index (κ3) is 3.69. The van der Waals surface area contributed by atoms with Gasteiger partial charge in [0, 0.05) is 12.2 Å². The molecule has 0 aliphatic rings. The predicted molar refractivity (Wildman–Crippen MR) is 61.5 cm³/mol. The Morgan fingerprint density at radius 3 is 2.63 bits per heavy atom. The van der Waals surface area contributed by atoms with E-state index < -0.39 is 24.2 Å². The van der Waals surface area contributed by atoms with Crippen molar-refractivity contribution >= 4 is 5.97 Å². The molecule has 0 aliphatic heterocycles.